The quantitative estimate of drug-likeness (QED) is 0.621. The minimum Gasteiger partial charge on any atom is -0.313 e. The summed E-state index contributed by atoms with van der Waals surface area (Å²) in [6.07, 6.45) is 2.55. The fourth-order valence-electron chi connectivity index (χ4n) is 1.06. The van der Waals surface area contributed by atoms with Crippen molar-refractivity contribution < 1.29 is 0 Å². The summed E-state index contributed by atoms with van der Waals surface area (Å²) in [5, 5.41) is 6.98. The van der Waals surface area contributed by atoms with Gasteiger partial charge in [0.2, 0.25) is 0 Å². The van der Waals surface area contributed by atoms with E-state index in [9.17, 15) is 0 Å². The maximum absolute atomic E-state index is 3.49. The third kappa shape index (κ3) is 9.84. The van der Waals surface area contributed by atoms with Crippen LogP contribution in [0.2, 0.25) is 0 Å². The van der Waals surface area contributed by atoms with Crippen molar-refractivity contribution in [2.45, 2.75) is 59.0 Å². The topological polar surface area (TPSA) is 24.1 Å². The second-order valence-corrected chi connectivity index (χ2v) is 4.84. The van der Waals surface area contributed by atoms with Crippen LogP contribution in [0.25, 0.3) is 0 Å². The molecule has 1 atom stereocenters. The molecule has 0 aliphatic carbocycles. The molecule has 2 nitrogen and oxygen atoms in total. The molecule has 80 valence electrons. The van der Waals surface area contributed by atoms with Crippen molar-refractivity contribution in [3.63, 3.8) is 0 Å². The highest BCUT2D eigenvalue weighted by Gasteiger charge is 2.09. The maximum Gasteiger partial charge on any atom is 0.0164 e. The van der Waals surface area contributed by atoms with Gasteiger partial charge in [-0.2, -0.15) is 0 Å². The molecule has 0 aromatic heterocycles. The Labute approximate surface area is 83.5 Å². The molecule has 0 aliphatic heterocycles. The Balaban J connectivity index is 3.35. The first-order valence-electron chi connectivity index (χ1n) is 5.44. The highest BCUT2D eigenvalue weighted by atomic mass is 15.0. The molecule has 2 heteroatoms. The van der Waals surface area contributed by atoms with Gasteiger partial charge in [-0.15, -0.1) is 0 Å². The van der Waals surface area contributed by atoms with Crippen LogP contribution < -0.4 is 10.6 Å². The fraction of sp³-hybridized carbons (Fsp3) is 1.00. The summed E-state index contributed by atoms with van der Waals surface area (Å²) < 4.78 is 0. The van der Waals surface area contributed by atoms with E-state index in [1.54, 1.807) is 0 Å². The number of rotatable bonds is 6. The average Bonchev–Trinajstić information content (AvgIpc) is 2.00. The van der Waals surface area contributed by atoms with E-state index in [0.717, 1.165) is 13.1 Å². The van der Waals surface area contributed by atoms with Crippen LogP contribution in [0.1, 0.15) is 47.5 Å². The molecule has 13 heavy (non-hydrogen) atoms. The summed E-state index contributed by atoms with van der Waals surface area (Å²) in [5.41, 5.74) is 0.237. The normalized spacial score (nSPS) is 14.5. The van der Waals surface area contributed by atoms with Crippen molar-refractivity contribution in [1.82, 2.24) is 10.6 Å². The van der Waals surface area contributed by atoms with Gasteiger partial charge in [-0.05, 0) is 40.7 Å². The lowest BCUT2D eigenvalue weighted by Gasteiger charge is -2.24. The predicted octanol–water partition coefficient (Wildman–Crippen LogP) is 2.15. The van der Waals surface area contributed by atoms with E-state index in [1.165, 1.54) is 12.8 Å². The van der Waals surface area contributed by atoms with Gasteiger partial charge in [0.15, 0.2) is 0 Å². The summed E-state index contributed by atoms with van der Waals surface area (Å²) in [4.78, 5) is 0. The Morgan fingerprint density at radius 3 is 2.31 bits per heavy atom. The van der Waals surface area contributed by atoms with Crippen molar-refractivity contribution in [1.29, 1.82) is 0 Å². The molecule has 0 saturated carbocycles. The molecular formula is C11H26N2. The van der Waals surface area contributed by atoms with Crippen LogP contribution >= 0.6 is 0 Å². The SMILES string of the molecule is CCCCNC(C)CNC(C)(C)C. The van der Waals surface area contributed by atoms with E-state index in [4.69, 9.17) is 0 Å². The molecule has 0 aliphatic rings. The van der Waals surface area contributed by atoms with Gasteiger partial charge >= 0.3 is 0 Å². The van der Waals surface area contributed by atoms with E-state index < -0.39 is 0 Å². The Hall–Kier alpha value is -0.0800. The lowest BCUT2D eigenvalue weighted by molar-refractivity contribution is 0.387. The van der Waals surface area contributed by atoms with Gasteiger partial charge in [0, 0.05) is 18.1 Å². The van der Waals surface area contributed by atoms with Crippen LogP contribution in [-0.4, -0.2) is 24.7 Å². The van der Waals surface area contributed by atoms with Crippen LogP contribution in [0, 0.1) is 0 Å². The molecule has 0 fully saturated rings. The molecule has 0 saturated heterocycles. The lowest BCUT2D eigenvalue weighted by atomic mass is 10.1. The number of unbranched alkanes of at least 4 members (excludes halogenated alkanes) is 1. The van der Waals surface area contributed by atoms with E-state index in [-0.39, 0.29) is 5.54 Å². The Kier molecular flexibility index (Phi) is 6.35. The van der Waals surface area contributed by atoms with Gasteiger partial charge in [0.1, 0.15) is 0 Å². The largest absolute Gasteiger partial charge is 0.313 e. The average molecular weight is 186 g/mol. The lowest BCUT2D eigenvalue weighted by Crippen LogP contribution is -2.44. The van der Waals surface area contributed by atoms with Crippen molar-refractivity contribution in [3.05, 3.63) is 0 Å². The third-order valence-electron chi connectivity index (χ3n) is 1.96. The monoisotopic (exact) mass is 186 g/mol. The van der Waals surface area contributed by atoms with Crippen LogP contribution in [-0.2, 0) is 0 Å². The summed E-state index contributed by atoms with van der Waals surface area (Å²) in [6, 6.07) is 0.575. The Morgan fingerprint density at radius 1 is 1.23 bits per heavy atom. The minimum absolute atomic E-state index is 0.237. The molecule has 0 aromatic carbocycles. The third-order valence-corrected chi connectivity index (χ3v) is 1.96. The highest BCUT2D eigenvalue weighted by Crippen LogP contribution is 1.98. The highest BCUT2D eigenvalue weighted by molar-refractivity contribution is 4.74. The molecule has 1 unspecified atom stereocenters. The van der Waals surface area contributed by atoms with Gasteiger partial charge < -0.3 is 10.6 Å². The smallest absolute Gasteiger partial charge is 0.0164 e. The first-order chi connectivity index (χ1) is 5.95. The van der Waals surface area contributed by atoms with Gasteiger partial charge in [-0.25, -0.2) is 0 Å². The molecule has 0 bridgehead atoms. The van der Waals surface area contributed by atoms with E-state index in [2.05, 4.69) is 45.3 Å². The number of nitrogens with one attached hydrogen (secondary N) is 2. The Morgan fingerprint density at radius 2 is 1.85 bits per heavy atom. The van der Waals surface area contributed by atoms with Gasteiger partial charge in [-0.3, -0.25) is 0 Å². The molecule has 0 rings (SSSR count). The molecule has 0 amide bonds. The second kappa shape index (κ2) is 6.39. The van der Waals surface area contributed by atoms with Crippen LogP contribution in [0.5, 0.6) is 0 Å². The molecule has 0 radical (unpaired) electrons. The molecular weight excluding hydrogens is 160 g/mol. The number of hydrogen-bond acceptors (Lipinski definition) is 2. The fourth-order valence-corrected chi connectivity index (χ4v) is 1.06. The van der Waals surface area contributed by atoms with E-state index in [1.807, 2.05) is 0 Å². The zero-order valence-corrected chi connectivity index (χ0v) is 9.91. The molecule has 2 N–H and O–H groups in total. The van der Waals surface area contributed by atoms with E-state index in [0.29, 0.717) is 6.04 Å². The van der Waals surface area contributed by atoms with Crippen molar-refractivity contribution in [2.75, 3.05) is 13.1 Å². The zero-order valence-electron chi connectivity index (χ0n) is 9.91. The van der Waals surface area contributed by atoms with Crippen molar-refractivity contribution in [3.8, 4) is 0 Å². The summed E-state index contributed by atoms with van der Waals surface area (Å²) >= 11 is 0. The first kappa shape index (κ1) is 12.9. The second-order valence-electron chi connectivity index (χ2n) is 4.84. The van der Waals surface area contributed by atoms with Crippen molar-refractivity contribution >= 4 is 0 Å². The molecule has 0 spiro atoms. The maximum atomic E-state index is 3.49. The van der Waals surface area contributed by atoms with Crippen LogP contribution in [0.4, 0.5) is 0 Å². The standard InChI is InChI=1S/C11H26N2/c1-6-7-8-12-10(2)9-13-11(3,4)5/h10,12-13H,6-9H2,1-5H3. The predicted molar refractivity (Wildman–Crippen MR) is 60.1 cm³/mol. The first-order valence-corrected chi connectivity index (χ1v) is 5.44. The van der Waals surface area contributed by atoms with Gasteiger partial charge in [-0.1, -0.05) is 13.3 Å². The zero-order chi connectivity index (χ0) is 10.3. The number of hydrogen-bond donors (Lipinski definition) is 2. The van der Waals surface area contributed by atoms with Crippen LogP contribution in [0.15, 0.2) is 0 Å². The summed E-state index contributed by atoms with van der Waals surface area (Å²) in [7, 11) is 0. The van der Waals surface area contributed by atoms with Gasteiger partial charge in [0.05, 0.1) is 0 Å². The minimum atomic E-state index is 0.237. The molecule has 0 aromatic rings. The van der Waals surface area contributed by atoms with Gasteiger partial charge in [0.25, 0.3) is 0 Å². The molecule has 0 heterocycles. The van der Waals surface area contributed by atoms with Crippen molar-refractivity contribution in [2.24, 2.45) is 0 Å². The Bertz CT molecular complexity index is 116. The van der Waals surface area contributed by atoms with E-state index >= 15 is 0 Å². The van der Waals surface area contributed by atoms with Crippen LogP contribution in [0.3, 0.4) is 0 Å². The summed E-state index contributed by atoms with van der Waals surface area (Å²) in [6.45, 7) is 13.2. The summed E-state index contributed by atoms with van der Waals surface area (Å²) in [5.74, 6) is 0.